The maximum Gasteiger partial charge on any atom is 0.265 e. The number of hydrogen-bond donors (Lipinski definition) is 1. The van der Waals surface area contributed by atoms with Gasteiger partial charge in [0.2, 0.25) is 0 Å². The normalized spacial score (nSPS) is 12.1. The van der Waals surface area contributed by atoms with E-state index in [2.05, 4.69) is 26.1 Å². The third-order valence-corrected chi connectivity index (χ3v) is 5.13. The number of anilines is 1. The molecule has 0 aliphatic heterocycles. The SMILES string of the molecule is CC[C@@H](Oc1ccc(C(C)(C)C)cc1)C(=O)Nc1ccccc1C(=O)c1ccccc1. The fourth-order valence-corrected chi connectivity index (χ4v) is 3.27. The van der Waals surface area contributed by atoms with Crippen LogP contribution in [0.1, 0.15) is 55.6 Å². The lowest BCUT2D eigenvalue weighted by Gasteiger charge is -2.21. The largest absolute Gasteiger partial charge is 0.481 e. The van der Waals surface area contributed by atoms with Crippen LogP contribution in [0, 0.1) is 0 Å². The quantitative estimate of drug-likeness (QED) is 0.481. The van der Waals surface area contributed by atoms with Crippen LogP contribution < -0.4 is 10.1 Å². The summed E-state index contributed by atoms with van der Waals surface area (Å²) in [6.07, 6.45) is -0.165. The van der Waals surface area contributed by atoms with Crippen molar-refractivity contribution in [3.63, 3.8) is 0 Å². The number of carbonyl (C=O) groups is 2. The molecule has 1 amide bonds. The smallest absolute Gasteiger partial charge is 0.265 e. The highest BCUT2D eigenvalue weighted by Crippen LogP contribution is 2.25. The maximum absolute atomic E-state index is 12.9. The highest BCUT2D eigenvalue weighted by Gasteiger charge is 2.22. The van der Waals surface area contributed by atoms with Crippen molar-refractivity contribution in [3.8, 4) is 5.75 Å². The molecule has 4 heteroatoms. The Bertz CT molecular complexity index is 1030. The molecular formula is C27H29NO3. The van der Waals surface area contributed by atoms with Crippen LogP contribution in [0.2, 0.25) is 0 Å². The number of rotatable bonds is 7. The van der Waals surface area contributed by atoms with Crippen LogP contribution in [-0.4, -0.2) is 17.8 Å². The molecule has 0 aliphatic carbocycles. The summed E-state index contributed by atoms with van der Waals surface area (Å²) in [7, 11) is 0. The Balaban J connectivity index is 1.75. The van der Waals surface area contributed by atoms with E-state index >= 15 is 0 Å². The molecule has 3 aromatic rings. The van der Waals surface area contributed by atoms with Crippen molar-refractivity contribution in [1.82, 2.24) is 0 Å². The molecule has 0 saturated carbocycles. The van der Waals surface area contributed by atoms with Crippen LogP contribution in [0.25, 0.3) is 0 Å². The molecule has 4 nitrogen and oxygen atoms in total. The Morgan fingerprint density at radius 1 is 0.871 bits per heavy atom. The van der Waals surface area contributed by atoms with Crippen molar-refractivity contribution >= 4 is 17.4 Å². The van der Waals surface area contributed by atoms with Crippen molar-refractivity contribution in [2.24, 2.45) is 0 Å². The third-order valence-electron chi connectivity index (χ3n) is 5.13. The average Bonchev–Trinajstić information content (AvgIpc) is 2.77. The predicted octanol–water partition coefficient (Wildman–Crippen LogP) is 6.01. The summed E-state index contributed by atoms with van der Waals surface area (Å²) in [6, 6.07) is 23.9. The van der Waals surface area contributed by atoms with Crippen LogP contribution in [0.3, 0.4) is 0 Å². The number of carbonyl (C=O) groups excluding carboxylic acids is 2. The van der Waals surface area contributed by atoms with Crippen LogP contribution in [0.5, 0.6) is 5.75 Å². The molecule has 0 aromatic heterocycles. The van der Waals surface area contributed by atoms with E-state index in [1.807, 2.05) is 49.4 Å². The summed E-state index contributed by atoms with van der Waals surface area (Å²) < 4.78 is 5.95. The van der Waals surface area contributed by atoms with Crippen LogP contribution >= 0.6 is 0 Å². The lowest BCUT2D eigenvalue weighted by Crippen LogP contribution is -2.33. The Hall–Kier alpha value is -3.40. The van der Waals surface area contributed by atoms with Crippen molar-refractivity contribution in [3.05, 3.63) is 95.6 Å². The summed E-state index contributed by atoms with van der Waals surface area (Å²) in [5.74, 6) is 0.225. The number of amides is 1. The van der Waals surface area contributed by atoms with E-state index in [0.29, 0.717) is 29.0 Å². The first kappa shape index (κ1) is 22.3. The molecular weight excluding hydrogens is 386 g/mol. The van der Waals surface area contributed by atoms with E-state index in [-0.39, 0.29) is 17.1 Å². The van der Waals surface area contributed by atoms with E-state index in [9.17, 15) is 9.59 Å². The molecule has 0 spiro atoms. The summed E-state index contributed by atoms with van der Waals surface area (Å²) in [5, 5.41) is 2.88. The number of benzene rings is 3. The Morgan fingerprint density at radius 3 is 2.10 bits per heavy atom. The summed E-state index contributed by atoms with van der Waals surface area (Å²) in [5.41, 5.74) is 2.75. The fraction of sp³-hybridized carbons (Fsp3) is 0.259. The van der Waals surface area contributed by atoms with Gasteiger partial charge >= 0.3 is 0 Å². The topological polar surface area (TPSA) is 55.4 Å². The molecule has 0 saturated heterocycles. The van der Waals surface area contributed by atoms with E-state index in [1.54, 1.807) is 36.4 Å². The Morgan fingerprint density at radius 2 is 1.48 bits per heavy atom. The molecule has 31 heavy (non-hydrogen) atoms. The van der Waals surface area contributed by atoms with Gasteiger partial charge in [-0.15, -0.1) is 0 Å². The molecule has 0 heterocycles. The first-order valence-electron chi connectivity index (χ1n) is 10.6. The van der Waals surface area contributed by atoms with Gasteiger partial charge in [0.15, 0.2) is 11.9 Å². The van der Waals surface area contributed by atoms with Gasteiger partial charge in [-0.2, -0.15) is 0 Å². The molecule has 1 N–H and O–H groups in total. The molecule has 0 radical (unpaired) electrons. The van der Waals surface area contributed by atoms with Crippen molar-refractivity contribution in [1.29, 1.82) is 0 Å². The van der Waals surface area contributed by atoms with Crippen LogP contribution in [-0.2, 0) is 10.2 Å². The number of ketones is 1. The Kier molecular flexibility index (Phi) is 6.91. The molecule has 160 valence electrons. The number of nitrogens with one attached hydrogen (secondary N) is 1. The second kappa shape index (κ2) is 9.61. The van der Waals surface area contributed by atoms with Gasteiger partial charge in [-0.25, -0.2) is 0 Å². The highest BCUT2D eigenvalue weighted by atomic mass is 16.5. The van der Waals surface area contributed by atoms with Gasteiger partial charge in [0.25, 0.3) is 5.91 Å². The van der Waals surface area contributed by atoms with Gasteiger partial charge in [-0.05, 0) is 41.7 Å². The van der Waals surface area contributed by atoms with E-state index in [1.165, 1.54) is 5.56 Å². The minimum Gasteiger partial charge on any atom is -0.481 e. The van der Waals surface area contributed by atoms with E-state index in [0.717, 1.165) is 0 Å². The Labute approximate surface area is 184 Å². The first-order chi connectivity index (χ1) is 14.8. The minimum atomic E-state index is -0.666. The average molecular weight is 416 g/mol. The predicted molar refractivity (Wildman–Crippen MR) is 125 cm³/mol. The zero-order valence-electron chi connectivity index (χ0n) is 18.5. The summed E-state index contributed by atoms with van der Waals surface area (Å²) in [6.45, 7) is 8.35. The lowest BCUT2D eigenvalue weighted by atomic mass is 9.87. The minimum absolute atomic E-state index is 0.0507. The number of hydrogen-bond acceptors (Lipinski definition) is 3. The maximum atomic E-state index is 12.9. The van der Waals surface area contributed by atoms with Gasteiger partial charge in [0.1, 0.15) is 5.75 Å². The number of ether oxygens (including phenoxy) is 1. The van der Waals surface area contributed by atoms with Gasteiger partial charge in [-0.3, -0.25) is 9.59 Å². The molecule has 0 bridgehead atoms. The summed E-state index contributed by atoms with van der Waals surface area (Å²) >= 11 is 0. The fourth-order valence-electron chi connectivity index (χ4n) is 3.27. The van der Waals surface area contributed by atoms with Gasteiger partial charge in [-0.1, -0.05) is 82.3 Å². The molecule has 0 unspecified atom stereocenters. The monoisotopic (exact) mass is 415 g/mol. The highest BCUT2D eigenvalue weighted by molar-refractivity contribution is 6.14. The van der Waals surface area contributed by atoms with E-state index in [4.69, 9.17) is 4.74 Å². The molecule has 3 rings (SSSR count). The van der Waals surface area contributed by atoms with Crippen molar-refractivity contribution in [2.75, 3.05) is 5.32 Å². The molecule has 0 fully saturated rings. The van der Waals surface area contributed by atoms with Crippen molar-refractivity contribution in [2.45, 2.75) is 45.6 Å². The lowest BCUT2D eigenvalue weighted by molar-refractivity contribution is -0.122. The zero-order valence-corrected chi connectivity index (χ0v) is 18.5. The first-order valence-corrected chi connectivity index (χ1v) is 10.6. The van der Waals surface area contributed by atoms with Crippen molar-refractivity contribution < 1.29 is 14.3 Å². The van der Waals surface area contributed by atoms with E-state index < -0.39 is 6.10 Å². The zero-order chi connectivity index (χ0) is 22.4. The second-order valence-electron chi connectivity index (χ2n) is 8.52. The molecule has 3 aromatic carbocycles. The van der Waals surface area contributed by atoms with Crippen LogP contribution in [0.15, 0.2) is 78.9 Å². The number of para-hydroxylation sites is 1. The van der Waals surface area contributed by atoms with Gasteiger partial charge < -0.3 is 10.1 Å². The van der Waals surface area contributed by atoms with Crippen LogP contribution in [0.4, 0.5) is 5.69 Å². The third kappa shape index (κ3) is 5.60. The van der Waals surface area contributed by atoms with Gasteiger partial charge in [0, 0.05) is 11.1 Å². The summed E-state index contributed by atoms with van der Waals surface area (Å²) in [4.78, 5) is 25.8. The second-order valence-corrected chi connectivity index (χ2v) is 8.52. The molecule has 1 atom stereocenters. The standard InChI is InChI=1S/C27H29NO3/c1-5-24(31-21-17-15-20(16-18-21)27(2,3)4)26(30)28-23-14-10-9-13-22(23)25(29)19-11-7-6-8-12-19/h6-18,24H,5H2,1-4H3,(H,28,30)/t24-/m1/s1. The molecule has 0 aliphatic rings. The van der Waals surface area contributed by atoms with Gasteiger partial charge in [0.05, 0.1) is 5.69 Å².